The normalized spacial score (nSPS) is 25.6. The van der Waals surface area contributed by atoms with Crippen LogP contribution in [0.25, 0.3) is 0 Å². The van der Waals surface area contributed by atoms with Gasteiger partial charge in [-0.1, -0.05) is 22.0 Å². The van der Waals surface area contributed by atoms with Crippen LogP contribution < -0.4 is 0 Å². The third-order valence-electron chi connectivity index (χ3n) is 2.51. The van der Waals surface area contributed by atoms with Crippen molar-refractivity contribution < 1.29 is 0 Å². The van der Waals surface area contributed by atoms with Gasteiger partial charge in [-0.3, -0.25) is 4.90 Å². The minimum absolute atomic E-state index is 0.915. The van der Waals surface area contributed by atoms with Gasteiger partial charge < -0.3 is 0 Å². The van der Waals surface area contributed by atoms with Crippen molar-refractivity contribution in [1.82, 2.24) is 4.90 Å². The van der Waals surface area contributed by atoms with Gasteiger partial charge in [0.05, 0.1) is 0 Å². The van der Waals surface area contributed by atoms with E-state index in [2.05, 4.69) is 27.4 Å². The van der Waals surface area contributed by atoms with Crippen molar-refractivity contribution in [3.63, 3.8) is 0 Å². The van der Waals surface area contributed by atoms with Gasteiger partial charge in [0.2, 0.25) is 0 Å². The zero-order valence-electron chi connectivity index (χ0n) is 7.64. The Morgan fingerprint density at radius 2 is 2.42 bits per heavy atom. The Bertz CT molecular complexity index is 134. The molecular weight excluding hydrogens is 214 g/mol. The third kappa shape index (κ3) is 3.28. The molecule has 0 spiro atoms. The first-order valence-electron chi connectivity index (χ1n) is 4.76. The molecule has 1 aliphatic heterocycles. The predicted molar refractivity (Wildman–Crippen MR) is 57.8 cm³/mol. The first-order valence-corrected chi connectivity index (χ1v) is 5.88. The van der Waals surface area contributed by atoms with Crippen molar-refractivity contribution in [1.29, 1.82) is 0 Å². The number of halogens is 1. The van der Waals surface area contributed by atoms with Gasteiger partial charge in [0, 0.05) is 18.4 Å². The van der Waals surface area contributed by atoms with Gasteiger partial charge in [0.1, 0.15) is 0 Å². The van der Waals surface area contributed by atoms with Crippen LogP contribution in [0, 0.1) is 5.92 Å². The summed E-state index contributed by atoms with van der Waals surface area (Å²) in [5.74, 6) is 0.915. The van der Waals surface area contributed by atoms with E-state index >= 15 is 0 Å². The van der Waals surface area contributed by atoms with Crippen LogP contribution in [0.1, 0.15) is 19.3 Å². The molecule has 0 bridgehead atoms. The van der Waals surface area contributed by atoms with Gasteiger partial charge in [-0.2, -0.15) is 0 Å². The van der Waals surface area contributed by atoms with Crippen LogP contribution in [0.15, 0.2) is 12.7 Å². The summed E-state index contributed by atoms with van der Waals surface area (Å²) >= 11 is 3.51. The molecule has 2 heteroatoms. The van der Waals surface area contributed by atoms with Gasteiger partial charge in [-0.05, 0) is 31.7 Å². The molecule has 0 amide bonds. The average Bonchev–Trinajstić information content (AvgIpc) is 2.06. The van der Waals surface area contributed by atoms with Crippen molar-refractivity contribution in [2.75, 3.05) is 25.0 Å². The van der Waals surface area contributed by atoms with E-state index in [0.717, 1.165) is 17.8 Å². The molecule has 1 fully saturated rings. The number of hydrogen-bond acceptors (Lipinski definition) is 1. The van der Waals surface area contributed by atoms with Crippen LogP contribution in [0.5, 0.6) is 0 Å². The zero-order chi connectivity index (χ0) is 8.81. The van der Waals surface area contributed by atoms with E-state index in [1.165, 1.54) is 32.4 Å². The lowest BCUT2D eigenvalue weighted by atomic mass is 9.96. The Hall–Kier alpha value is 0.180. The molecular formula is C10H18BrN. The second-order valence-corrected chi connectivity index (χ2v) is 4.33. The maximum Gasteiger partial charge on any atom is 0.0160 e. The highest BCUT2D eigenvalue weighted by atomic mass is 79.9. The van der Waals surface area contributed by atoms with Crippen molar-refractivity contribution in [2.45, 2.75) is 19.3 Å². The molecule has 0 aliphatic carbocycles. The molecule has 0 N–H and O–H groups in total. The van der Waals surface area contributed by atoms with Gasteiger partial charge in [-0.25, -0.2) is 0 Å². The summed E-state index contributed by atoms with van der Waals surface area (Å²) in [7, 11) is 0. The van der Waals surface area contributed by atoms with E-state index < -0.39 is 0 Å². The fraction of sp³-hybridized carbons (Fsp3) is 0.800. The lowest BCUT2D eigenvalue weighted by Gasteiger charge is -2.31. The summed E-state index contributed by atoms with van der Waals surface area (Å²) < 4.78 is 0. The van der Waals surface area contributed by atoms with E-state index in [4.69, 9.17) is 0 Å². The van der Waals surface area contributed by atoms with E-state index in [0.29, 0.717) is 0 Å². The molecule has 0 aromatic rings. The molecule has 1 aliphatic rings. The van der Waals surface area contributed by atoms with Crippen LogP contribution >= 0.6 is 15.9 Å². The smallest absolute Gasteiger partial charge is 0.0160 e. The molecule has 0 aromatic carbocycles. The van der Waals surface area contributed by atoms with Crippen LogP contribution in [-0.4, -0.2) is 29.9 Å². The quantitative estimate of drug-likeness (QED) is 0.532. The summed E-state index contributed by atoms with van der Waals surface area (Å²) in [5, 5.41) is 1.15. The highest BCUT2D eigenvalue weighted by molar-refractivity contribution is 9.09. The molecule has 1 saturated heterocycles. The second kappa shape index (κ2) is 5.76. The van der Waals surface area contributed by atoms with Crippen LogP contribution in [0.2, 0.25) is 0 Å². The highest BCUT2D eigenvalue weighted by Gasteiger charge is 2.17. The topological polar surface area (TPSA) is 3.24 Å². The first-order chi connectivity index (χ1) is 5.86. The minimum Gasteiger partial charge on any atom is -0.299 e. The molecule has 1 rings (SSSR count). The SMILES string of the molecule is C=CCN1CCCC(CCBr)C1. The standard InChI is InChI=1S/C10H18BrN/c1-2-7-12-8-3-4-10(9-12)5-6-11/h2,10H,1,3-9H2. The highest BCUT2D eigenvalue weighted by Crippen LogP contribution is 2.19. The fourth-order valence-electron chi connectivity index (χ4n) is 1.89. The van der Waals surface area contributed by atoms with Crippen LogP contribution in [0.4, 0.5) is 0 Å². The van der Waals surface area contributed by atoms with E-state index in [1.54, 1.807) is 0 Å². The lowest BCUT2D eigenvalue weighted by Crippen LogP contribution is -2.35. The molecule has 0 radical (unpaired) electrons. The minimum atomic E-state index is 0.915. The van der Waals surface area contributed by atoms with Gasteiger partial charge in [0.25, 0.3) is 0 Å². The lowest BCUT2D eigenvalue weighted by molar-refractivity contribution is 0.189. The summed E-state index contributed by atoms with van der Waals surface area (Å²) in [5.41, 5.74) is 0. The van der Waals surface area contributed by atoms with E-state index in [1.807, 2.05) is 6.08 Å². The third-order valence-corrected chi connectivity index (χ3v) is 2.97. The van der Waals surface area contributed by atoms with Crippen molar-refractivity contribution in [3.8, 4) is 0 Å². The summed E-state index contributed by atoms with van der Waals surface area (Å²) in [6, 6.07) is 0. The summed E-state index contributed by atoms with van der Waals surface area (Å²) in [6.45, 7) is 7.39. The number of rotatable bonds is 4. The Labute approximate surface area is 84.0 Å². The summed E-state index contributed by atoms with van der Waals surface area (Å²) in [4.78, 5) is 2.50. The molecule has 0 saturated carbocycles. The van der Waals surface area contributed by atoms with Crippen LogP contribution in [-0.2, 0) is 0 Å². The molecule has 1 atom stereocenters. The van der Waals surface area contributed by atoms with Gasteiger partial charge in [0.15, 0.2) is 0 Å². The van der Waals surface area contributed by atoms with Crippen molar-refractivity contribution in [2.24, 2.45) is 5.92 Å². The number of alkyl halides is 1. The monoisotopic (exact) mass is 231 g/mol. The molecule has 12 heavy (non-hydrogen) atoms. The second-order valence-electron chi connectivity index (χ2n) is 3.53. The maximum absolute atomic E-state index is 3.77. The molecule has 1 nitrogen and oxygen atoms in total. The Morgan fingerprint density at radius 3 is 3.08 bits per heavy atom. The molecule has 0 aromatic heterocycles. The van der Waals surface area contributed by atoms with Gasteiger partial charge >= 0.3 is 0 Å². The van der Waals surface area contributed by atoms with Crippen LogP contribution in [0.3, 0.4) is 0 Å². The number of likely N-dealkylation sites (tertiary alicyclic amines) is 1. The molecule has 70 valence electrons. The first kappa shape index (κ1) is 10.3. The van der Waals surface area contributed by atoms with Crippen molar-refractivity contribution >= 4 is 15.9 Å². The van der Waals surface area contributed by atoms with E-state index in [9.17, 15) is 0 Å². The van der Waals surface area contributed by atoms with Gasteiger partial charge in [-0.15, -0.1) is 6.58 Å². The largest absolute Gasteiger partial charge is 0.299 e. The number of hydrogen-bond donors (Lipinski definition) is 0. The predicted octanol–water partition coefficient (Wildman–Crippen LogP) is 2.67. The summed E-state index contributed by atoms with van der Waals surface area (Å²) in [6.07, 6.45) is 6.12. The molecule has 1 heterocycles. The average molecular weight is 232 g/mol. The Morgan fingerprint density at radius 1 is 1.58 bits per heavy atom. The number of nitrogens with zero attached hydrogens (tertiary/aromatic N) is 1. The Kier molecular flexibility index (Phi) is 4.93. The maximum atomic E-state index is 3.77. The fourth-order valence-corrected chi connectivity index (χ4v) is 2.54. The Balaban J connectivity index is 2.24. The van der Waals surface area contributed by atoms with Crippen molar-refractivity contribution in [3.05, 3.63) is 12.7 Å². The molecule has 1 unspecified atom stereocenters. The van der Waals surface area contributed by atoms with E-state index in [-0.39, 0.29) is 0 Å². The number of piperidine rings is 1. The zero-order valence-corrected chi connectivity index (χ0v) is 9.22.